The van der Waals surface area contributed by atoms with E-state index in [1.54, 1.807) is 6.07 Å². The number of pyridine rings is 1. The summed E-state index contributed by atoms with van der Waals surface area (Å²) >= 11 is 0. The molecule has 0 radical (unpaired) electrons. The number of benzene rings is 1. The normalized spacial score (nSPS) is 15.8. The second kappa shape index (κ2) is 8.29. The van der Waals surface area contributed by atoms with Crippen LogP contribution in [0.1, 0.15) is 61.7 Å². The number of hydrogen-bond donors (Lipinski definition) is 1. The second-order valence-corrected chi connectivity index (χ2v) is 7.61. The summed E-state index contributed by atoms with van der Waals surface area (Å²) in [4.78, 5) is 24.4. The third kappa shape index (κ3) is 4.00. The Labute approximate surface area is 170 Å². The summed E-state index contributed by atoms with van der Waals surface area (Å²) in [6.45, 7) is 6.68. The average molecular weight is 393 g/mol. The molecule has 1 aliphatic carbocycles. The first kappa shape index (κ1) is 19.5. The van der Waals surface area contributed by atoms with Gasteiger partial charge in [-0.3, -0.25) is 9.69 Å². The fraction of sp³-hybridized carbons (Fsp3) is 0.455. The molecule has 152 valence electrons. The highest BCUT2D eigenvalue weighted by Crippen LogP contribution is 2.37. The number of aromatic nitrogens is 3. The molecule has 1 aliphatic rings. The third-order valence-corrected chi connectivity index (χ3v) is 5.79. The van der Waals surface area contributed by atoms with E-state index in [-0.39, 0.29) is 5.91 Å². The van der Waals surface area contributed by atoms with Crippen molar-refractivity contribution in [2.45, 2.75) is 51.6 Å². The van der Waals surface area contributed by atoms with E-state index < -0.39 is 5.54 Å². The number of nitrogens with zero attached hydrogens (tertiary/aromatic N) is 4. The molecule has 7 nitrogen and oxygen atoms in total. The lowest BCUT2D eigenvalue weighted by Gasteiger charge is -2.26. The summed E-state index contributed by atoms with van der Waals surface area (Å²) in [7, 11) is 0. The van der Waals surface area contributed by atoms with Gasteiger partial charge >= 0.3 is 0 Å². The molecule has 0 saturated heterocycles. The van der Waals surface area contributed by atoms with E-state index in [0.717, 1.165) is 49.7 Å². The van der Waals surface area contributed by atoms with Crippen LogP contribution in [0.2, 0.25) is 0 Å². The Morgan fingerprint density at radius 1 is 1.10 bits per heavy atom. The fourth-order valence-corrected chi connectivity index (χ4v) is 4.01. The Balaban J connectivity index is 1.56. The van der Waals surface area contributed by atoms with E-state index in [1.807, 2.05) is 30.3 Å². The summed E-state index contributed by atoms with van der Waals surface area (Å²) in [5.41, 5.74) is 0.624. The predicted octanol–water partition coefficient (Wildman–Crippen LogP) is 3.66. The van der Waals surface area contributed by atoms with Crippen molar-refractivity contribution in [3.8, 4) is 0 Å². The molecule has 2 heterocycles. The van der Waals surface area contributed by atoms with Gasteiger partial charge in [0.1, 0.15) is 11.2 Å². The van der Waals surface area contributed by atoms with Crippen LogP contribution in [0.15, 0.2) is 40.9 Å². The van der Waals surface area contributed by atoms with Gasteiger partial charge in [-0.1, -0.05) is 56.1 Å². The van der Waals surface area contributed by atoms with Crippen molar-refractivity contribution < 1.29 is 9.32 Å². The summed E-state index contributed by atoms with van der Waals surface area (Å²) < 4.78 is 5.51. The molecule has 4 rings (SSSR count). The highest BCUT2D eigenvalue weighted by atomic mass is 16.5. The minimum atomic E-state index is -0.588. The zero-order valence-corrected chi connectivity index (χ0v) is 17.0. The van der Waals surface area contributed by atoms with E-state index in [1.165, 1.54) is 0 Å². The molecular formula is C22H27N5O2. The van der Waals surface area contributed by atoms with Gasteiger partial charge in [0.25, 0.3) is 5.91 Å². The SMILES string of the molecule is CCN(CC)Cc1nc(C2(NC(=O)c3ccc4ccccc4n3)CCCC2)no1. The van der Waals surface area contributed by atoms with Gasteiger partial charge in [-0.05, 0) is 38.1 Å². The molecule has 3 aromatic rings. The Bertz CT molecular complexity index is 990. The topological polar surface area (TPSA) is 84.2 Å². The molecule has 29 heavy (non-hydrogen) atoms. The van der Waals surface area contributed by atoms with E-state index >= 15 is 0 Å². The van der Waals surface area contributed by atoms with Crippen LogP contribution in [0.5, 0.6) is 0 Å². The van der Waals surface area contributed by atoms with Crippen molar-refractivity contribution in [2.75, 3.05) is 13.1 Å². The molecule has 0 unspecified atom stereocenters. The van der Waals surface area contributed by atoms with Crippen LogP contribution < -0.4 is 5.32 Å². The van der Waals surface area contributed by atoms with Crippen molar-refractivity contribution in [1.82, 2.24) is 25.3 Å². The fourth-order valence-electron chi connectivity index (χ4n) is 4.01. The van der Waals surface area contributed by atoms with Crippen LogP contribution in [0.4, 0.5) is 0 Å². The van der Waals surface area contributed by atoms with Gasteiger partial charge in [-0.15, -0.1) is 0 Å². The Kier molecular flexibility index (Phi) is 5.58. The monoisotopic (exact) mass is 393 g/mol. The lowest BCUT2D eigenvalue weighted by molar-refractivity contribution is 0.0887. The second-order valence-electron chi connectivity index (χ2n) is 7.61. The van der Waals surface area contributed by atoms with Gasteiger partial charge < -0.3 is 9.84 Å². The number of carbonyl (C=O) groups excluding carboxylic acids is 1. The molecule has 0 aliphatic heterocycles. The highest BCUT2D eigenvalue weighted by molar-refractivity contribution is 5.95. The molecule has 1 fully saturated rings. The Hall–Kier alpha value is -2.80. The summed E-state index contributed by atoms with van der Waals surface area (Å²) in [6.07, 6.45) is 3.64. The lowest BCUT2D eigenvalue weighted by atomic mass is 9.96. The molecule has 0 bridgehead atoms. The third-order valence-electron chi connectivity index (χ3n) is 5.79. The van der Waals surface area contributed by atoms with E-state index in [0.29, 0.717) is 24.0 Å². The first-order valence-corrected chi connectivity index (χ1v) is 10.4. The van der Waals surface area contributed by atoms with Gasteiger partial charge in [0.2, 0.25) is 5.89 Å². The minimum absolute atomic E-state index is 0.201. The van der Waals surface area contributed by atoms with Crippen molar-refractivity contribution in [3.63, 3.8) is 0 Å². The zero-order valence-electron chi connectivity index (χ0n) is 17.0. The first-order valence-electron chi connectivity index (χ1n) is 10.4. The van der Waals surface area contributed by atoms with Crippen molar-refractivity contribution in [1.29, 1.82) is 0 Å². The number of carbonyl (C=O) groups is 1. The van der Waals surface area contributed by atoms with E-state index in [9.17, 15) is 4.79 Å². The minimum Gasteiger partial charge on any atom is -0.338 e. The Morgan fingerprint density at radius 3 is 2.62 bits per heavy atom. The number of para-hydroxylation sites is 1. The van der Waals surface area contributed by atoms with Gasteiger partial charge in [0.05, 0.1) is 12.1 Å². The van der Waals surface area contributed by atoms with Crippen molar-refractivity contribution >= 4 is 16.8 Å². The number of nitrogens with one attached hydrogen (secondary N) is 1. The molecule has 1 amide bonds. The molecule has 1 N–H and O–H groups in total. The Morgan fingerprint density at radius 2 is 1.86 bits per heavy atom. The number of rotatable bonds is 7. The summed E-state index contributed by atoms with van der Waals surface area (Å²) in [5.74, 6) is 0.965. The van der Waals surface area contributed by atoms with Crippen LogP contribution in [0, 0.1) is 0 Å². The van der Waals surface area contributed by atoms with E-state index in [4.69, 9.17) is 4.52 Å². The first-order chi connectivity index (χ1) is 14.1. The lowest BCUT2D eigenvalue weighted by Crippen LogP contribution is -2.45. The molecule has 0 atom stereocenters. The van der Waals surface area contributed by atoms with Crippen LogP contribution in [0.3, 0.4) is 0 Å². The molecule has 2 aromatic heterocycles. The molecule has 1 saturated carbocycles. The molecule has 0 spiro atoms. The van der Waals surface area contributed by atoms with Gasteiger partial charge in [-0.2, -0.15) is 4.98 Å². The molecule has 7 heteroatoms. The number of fused-ring (bicyclic) bond motifs is 1. The standard InChI is InChI=1S/C22H27N5O2/c1-3-27(4-2)15-19-24-21(26-29-19)22(13-7-8-14-22)25-20(28)18-12-11-16-9-5-6-10-17(16)23-18/h5-6,9-12H,3-4,7-8,13-15H2,1-2H3,(H,25,28). The maximum atomic E-state index is 13.0. The molecule has 1 aromatic carbocycles. The molecular weight excluding hydrogens is 366 g/mol. The van der Waals surface area contributed by atoms with Gasteiger partial charge in [0.15, 0.2) is 5.82 Å². The maximum absolute atomic E-state index is 13.0. The summed E-state index contributed by atoms with van der Waals surface area (Å²) in [5, 5.41) is 8.44. The van der Waals surface area contributed by atoms with E-state index in [2.05, 4.69) is 39.2 Å². The summed E-state index contributed by atoms with van der Waals surface area (Å²) in [6, 6.07) is 11.5. The van der Waals surface area contributed by atoms with Crippen LogP contribution >= 0.6 is 0 Å². The van der Waals surface area contributed by atoms with Gasteiger partial charge in [0, 0.05) is 5.39 Å². The average Bonchev–Trinajstić information content (AvgIpc) is 3.42. The largest absolute Gasteiger partial charge is 0.338 e. The van der Waals surface area contributed by atoms with Crippen LogP contribution in [-0.4, -0.2) is 39.0 Å². The predicted molar refractivity (Wildman–Crippen MR) is 110 cm³/mol. The van der Waals surface area contributed by atoms with Crippen LogP contribution in [0.25, 0.3) is 10.9 Å². The van der Waals surface area contributed by atoms with Crippen molar-refractivity contribution in [3.05, 3.63) is 53.8 Å². The number of hydrogen-bond acceptors (Lipinski definition) is 6. The van der Waals surface area contributed by atoms with Crippen LogP contribution in [-0.2, 0) is 12.1 Å². The highest BCUT2D eigenvalue weighted by Gasteiger charge is 2.41. The van der Waals surface area contributed by atoms with Crippen molar-refractivity contribution in [2.24, 2.45) is 0 Å². The number of amides is 1. The smallest absolute Gasteiger partial charge is 0.270 e. The quantitative estimate of drug-likeness (QED) is 0.659. The maximum Gasteiger partial charge on any atom is 0.270 e. The zero-order chi connectivity index (χ0) is 20.3. The van der Waals surface area contributed by atoms with Gasteiger partial charge in [-0.25, -0.2) is 4.98 Å².